The number of hydrogen-bond donors (Lipinski definition) is 1. The lowest BCUT2D eigenvalue weighted by atomic mass is 10.0. The van der Waals surface area contributed by atoms with Crippen LogP contribution in [0.5, 0.6) is 0 Å². The fourth-order valence-electron chi connectivity index (χ4n) is 2.37. The van der Waals surface area contributed by atoms with Crippen LogP contribution in [0.4, 0.5) is 0 Å². The number of carbonyl (C=O) groups excluding carboxylic acids is 1. The van der Waals surface area contributed by atoms with E-state index in [2.05, 4.69) is 42.9 Å². The van der Waals surface area contributed by atoms with Crippen molar-refractivity contribution < 1.29 is 9.53 Å². The van der Waals surface area contributed by atoms with Crippen LogP contribution in [0, 0.1) is 0 Å². The molecule has 6 heteroatoms. The molecule has 1 saturated heterocycles. The highest BCUT2D eigenvalue weighted by Crippen LogP contribution is 2.18. The Hall–Kier alpha value is -0.980. The van der Waals surface area contributed by atoms with Crippen molar-refractivity contribution in [3.05, 3.63) is 16.1 Å². The monoisotopic (exact) mass is 311 g/mol. The van der Waals surface area contributed by atoms with E-state index in [0.29, 0.717) is 10.9 Å². The van der Waals surface area contributed by atoms with E-state index in [-0.39, 0.29) is 11.4 Å². The van der Waals surface area contributed by atoms with Gasteiger partial charge in [0.1, 0.15) is 0 Å². The number of amides is 1. The summed E-state index contributed by atoms with van der Waals surface area (Å²) < 4.78 is 5.35. The molecule has 118 valence electrons. The van der Waals surface area contributed by atoms with E-state index in [4.69, 9.17) is 4.74 Å². The number of nitrogens with zero attached hydrogens (tertiary/aromatic N) is 2. The fourth-order valence-corrected chi connectivity index (χ4v) is 3.25. The molecule has 1 aliphatic heterocycles. The molecule has 21 heavy (non-hydrogen) atoms. The Morgan fingerprint density at radius 2 is 2.14 bits per heavy atom. The van der Waals surface area contributed by atoms with Gasteiger partial charge in [0.25, 0.3) is 5.91 Å². The lowest BCUT2D eigenvalue weighted by Crippen LogP contribution is -2.53. The average molecular weight is 311 g/mol. The Morgan fingerprint density at radius 1 is 1.48 bits per heavy atom. The van der Waals surface area contributed by atoms with E-state index in [1.54, 1.807) is 0 Å². The van der Waals surface area contributed by atoms with Crippen LogP contribution in [0.1, 0.15) is 49.1 Å². The second-order valence-electron chi connectivity index (χ2n) is 6.46. The molecule has 1 amide bonds. The predicted octanol–water partition coefficient (Wildman–Crippen LogP) is 2.11. The van der Waals surface area contributed by atoms with Crippen molar-refractivity contribution >= 4 is 17.2 Å². The molecule has 2 heterocycles. The number of rotatable bonds is 5. The van der Waals surface area contributed by atoms with E-state index >= 15 is 0 Å². The lowest BCUT2D eigenvalue weighted by molar-refractivity contribution is 0.0269. The van der Waals surface area contributed by atoms with E-state index in [1.165, 1.54) is 11.3 Å². The molecule has 0 atom stereocenters. The van der Waals surface area contributed by atoms with Crippen molar-refractivity contribution in [3.63, 3.8) is 0 Å². The van der Waals surface area contributed by atoms with E-state index < -0.39 is 0 Å². The Labute approximate surface area is 130 Å². The Morgan fingerprint density at radius 3 is 2.71 bits per heavy atom. The Balaban J connectivity index is 1.92. The highest BCUT2D eigenvalue weighted by Gasteiger charge is 2.26. The van der Waals surface area contributed by atoms with Crippen LogP contribution < -0.4 is 5.32 Å². The molecule has 1 fully saturated rings. The highest BCUT2D eigenvalue weighted by molar-refractivity contribution is 7.11. The molecule has 0 bridgehead atoms. The van der Waals surface area contributed by atoms with Gasteiger partial charge < -0.3 is 10.1 Å². The van der Waals surface area contributed by atoms with Gasteiger partial charge in [0.2, 0.25) is 0 Å². The van der Waals surface area contributed by atoms with Crippen molar-refractivity contribution in [2.24, 2.45) is 0 Å². The summed E-state index contributed by atoms with van der Waals surface area (Å²) in [5, 5.41) is 5.62. The molecule has 1 aromatic rings. The molecular weight excluding hydrogens is 286 g/mol. The summed E-state index contributed by atoms with van der Waals surface area (Å²) in [6.45, 7) is 12.5. The van der Waals surface area contributed by atoms with Crippen molar-refractivity contribution in [3.8, 4) is 0 Å². The minimum Gasteiger partial charge on any atom is -0.379 e. The molecular formula is C15H25N3O2S. The van der Waals surface area contributed by atoms with Crippen LogP contribution in [0.2, 0.25) is 0 Å². The van der Waals surface area contributed by atoms with Crippen LogP contribution in [0.3, 0.4) is 0 Å². The smallest absolute Gasteiger partial charge is 0.280 e. The molecule has 0 radical (unpaired) electrons. The number of nitrogens with one attached hydrogen (secondary N) is 1. The van der Waals surface area contributed by atoms with E-state index in [1.807, 2.05) is 5.38 Å². The van der Waals surface area contributed by atoms with Crippen LogP contribution in [0.15, 0.2) is 5.38 Å². The maximum atomic E-state index is 12.3. The van der Waals surface area contributed by atoms with Gasteiger partial charge in [0.15, 0.2) is 5.01 Å². The first-order valence-electron chi connectivity index (χ1n) is 7.45. The molecule has 1 N–H and O–H groups in total. The van der Waals surface area contributed by atoms with E-state index in [9.17, 15) is 4.79 Å². The number of morpholine rings is 1. The summed E-state index contributed by atoms with van der Waals surface area (Å²) in [5.74, 6) is 0.273. The summed E-state index contributed by atoms with van der Waals surface area (Å²) in [6, 6.07) is 0. The molecule has 5 nitrogen and oxygen atoms in total. The van der Waals surface area contributed by atoms with Crippen LogP contribution >= 0.6 is 11.3 Å². The summed E-state index contributed by atoms with van der Waals surface area (Å²) in [5.41, 5.74) is 0.703. The standard InChI is InChI=1S/C15H25N3O2S/c1-11(2)12-9-21-14(16-12)13(19)17-15(3,4)10-18-5-7-20-8-6-18/h9,11H,5-8,10H2,1-4H3,(H,17,19). The third-order valence-corrected chi connectivity index (χ3v) is 4.34. The number of carbonyl (C=O) groups is 1. The van der Waals surface area contributed by atoms with Gasteiger partial charge in [-0.25, -0.2) is 4.98 Å². The molecule has 0 spiro atoms. The van der Waals surface area contributed by atoms with Crippen molar-refractivity contribution in [1.82, 2.24) is 15.2 Å². The second-order valence-corrected chi connectivity index (χ2v) is 7.32. The highest BCUT2D eigenvalue weighted by atomic mass is 32.1. The first-order valence-corrected chi connectivity index (χ1v) is 8.33. The van der Waals surface area contributed by atoms with E-state index in [0.717, 1.165) is 38.5 Å². The summed E-state index contributed by atoms with van der Waals surface area (Å²) in [7, 11) is 0. The summed E-state index contributed by atoms with van der Waals surface area (Å²) >= 11 is 1.42. The minimum absolute atomic E-state index is 0.0786. The Bertz CT molecular complexity index is 479. The average Bonchev–Trinajstić information content (AvgIpc) is 2.88. The normalized spacial score (nSPS) is 17.2. The zero-order valence-corrected chi connectivity index (χ0v) is 14.1. The lowest BCUT2D eigenvalue weighted by Gasteiger charge is -2.35. The molecule has 0 saturated carbocycles. The largest absolute Gasteiger partial charge is 0.379 e. The molecule has 0 unspecified atom stereocenters. The van der Waals surface area contributed by atoms with Gasteiger partial charge in [-0.3, -0.25) is 9.69 Å². The fraction of sp³-hybridized carbons (Fsp3) is 0.733. The van der Waals surface area contributed by atoms with Crippen molar-refractivity contribution in [2.75, 3.05) is 32.8 Å². The third-order valence-electron chi connectivity index (χ3n) is 3.48. The van der Waals surface area contributed by atoms with Gasteiger partial charge in [-0.2, -0.15) is 0 Å². The minimum atomic E-state index is -0.280. The number of aromatic nitrogens is 1. The zero-order chi connectivity index (χ0) is 15.5. The number of thiazole rings is 1. The Kier molecular flexibility index (Phi) is 5.35. The second kappa shape index (κ2) is 6.85. The molecule has 0 aliphatic carbocycles. The third kappa shape index (κ3) is 4.76. The first kappa shape index (κ1) is 16.4. The molecule has 0 aromatic carbocycles. The number of ether oxygens (including phenoxy) is 1. The van der Waals surface area contributed by atoms with Gasteiger partial charge >= 0.3 is 0 Å². The van der Waals surface area contributed by atoms with Gasteiger partial charge in [-0.1, -0.05) is 13.8 Å². The predicted molar refractivity (Wildman–Crippen MR) is 85.0 cm³/mol. The molecule has 2 rings (SSSR count). The van der Waals surface area contributed by atoms with Crippen LogP contribution in [-0.4, -0.2) is 54.2 Å². The molecule has 1 aliphatic rings. The van der Waals surface area contributed by atoms with Gasteiger partial charge in [-0.05, 0) is 19.8 Å². The van der Waals surface area contributed by atoms with Gasteiger partial charge in [0.05, 0.1) is 18.9 Å². The van der Waals surface area contributed by atoms with Gasteiger partial charge in [0, 0.05) is 30.6 Å². The van der Waals surface area contributed by atoms with Crippen molar-refractivity contribution in [2.45, 2.75) is 39.2 Å². The molecule has 1 aromatic heterocycles. The van der Waals surface area contributed by atoms with Gasteiger partial charge in [-0.15, -0.1) is 11.3 Å². The maximum absolute atomic E-state index is 12.3. The maximum Gasteiger partial charge on any atom is 0.280 e. The summed E-state index contributed by atoms with van der Waals surface area (Å²) in [6.07, 6.45) is 0. The zero-order valence-electron chi connectivity index (χ0n) is 13.3. The van der Waals surface area contributed by atoms with Crippen LogP contribution in [0.25, 0.3) is 0 Å². The summed E-state index contributed by atoms with van der Waals surface area (Å²) in [4.78, 5) is 19.1. The SMILES string of the molecule is CC(C)c1csc(C(=O)NC(C)(C)CN2CCOCC2)n1. The quantitative estimate of drug-likeness (QED) is 0.905. The topological polar surface area (TPSA) is 54.5 Å². The van der Waals surface area contributed by atoms with Crippen molar-refractivity contribution in [1.29, 1.82) is 0 Å². The first-order chi connectivity index (χ1) is 9.87. The van der Waals surface area contributed by atoms with Crippen LogP contribution in [-0.2, 0) is 4.74 Å². The number of hydrogen-bond acceptors (Lipinski definition) is 5.